The number of anilines is 2. The van der Waals surface area contributed by atoms with Crippen LogP contribution >= 0.6 is 15.9 Å². The summed E-state index contributed by atoms with van der Waals surface area (Å²) < 4.78 is 13.6. The van der Waals surface area contributed by atoms with Gasteiger partial charge in [0.2, 0.25) is 5.95 Å². The quantitative estimate of drug-likeness (QED) is 0.857. The van der Waals surface area contributed by atoms with Crippen molar-refractivity contribution in [2.75, 3.05) is 5.32 Å². The van der Waals surface area contributed by atoms with Gasteiger partial charge in [-0.25, -0.2) is 14.4 Å². The second-order valence-electron chi connectivity index (χ2n) is 3.29. The minimum Gasteiger partial charge on any atom is -0.324 e. The standard InChI is InChI=1S/C11H9BrFN3/c1-7-5-10(12)16-11(14-7)15-9-4-2-3-8(13)6-9/h2-6H,1H3,(H,14,15,16). The largest absolute Gasteiger partial charge is 0.324 e. The van der Waals surface area contributed by atoms with Crippen LogP contribution in [0.25, 0.3) is 0 Å². The maximum Gasteiger partial charge on any atom is 0.228 e. The van der Waals surface area contributed by atoms with E-state index in [1.807, 2.05) is 6.92 Å². The third-order valence-electron chi connectivity index (χ3n) is 1.90. The molecule has 0 amide bonds. The summed E-state index contributed by atoms with van der Waals surface area (Å²) >= 11 is 3.28. The number of aryl methyl sites for hydroxylation is 1. The molecule has 0 fully saturated rings. The Morgan fingerprint density at radius 1 is 1.25 bits per heavy atom. The lowest BCUT2D eigenvalue weighted by Crippen LogP contribution is -1.98. The van der Waals surface area contributed by atoms with Crippen molar-refractivity contribution in [1.82, 2.24) is 9.97 Å². The molecule has 0 saturated heterocycles. The molecule has 1 aromatic heterocycles. The zero-order chi connectivity index (χ0) is 11.5. The van der Waals surface area contributed by atoms with Gasteiger partial charge in [-0.15, -0.1) is 0 Å². The molecule has 82 valence electrons. The van der Waals surface area contributed by atoms with Crippen molar-refractivity contribution in [3.05, 3.63) is 46.4 Å². The SMILES string of the molecule is Cc1cc(Br)nc(Nc2cccc(F)c2)n1. The van der Waals surface area contributed by atoms with Crippen molar-refractivity contribution in [3.63, 3.8) is 0 Å². The average Bonchev–Trinajstić information content (AvgIpc) is 2.15. The summed E-state index contributed by atoms with van der Waals surface area (Å²) in [4.78, 5) is 8.32. The van der Waals surface area contributed by atoms with Gasteiger partial charge in [0.15, 0.2) is 0 Å². The number of hydrogen-bond acceptors (Lipinski definition) is 3. The molecule has 0 saturated carbocycles. The lowest BCUT2D eigenvalue weighted by Gasteiger charge is -2.05. The fraction of sp³-hybridized carbons (Fsp3) is 0.0909. The lowest BCUT2D eigenvalue weighted by atomic mass is 10.3. The predicted octanol–water partition coefficient (Wildman–Crippen LogP) is 3.43. The average molecular weight is 282 g/mol. The van der Waals surface area contributed by atoms with Crippen LogP contribution in [0.4, 0.5) is 16.0 Å². The Bertz CT molecular complexity index is 496. The number of benzene rings is 1. The molecule has 5 heteroatoms. The van der Waals surface area contributed by atoms with Crippen molar-refractivity contribution in [2.24, 2.45) is 0 Å². The van der Waals surface area contributed by atoms with Crippen LogP contribution in [-0.2, 0) is 0 Å². The number of halogens is 2. The highest BCUT2D eigenvalue weighted by Gasteiger charge is 2.01. The molecule has 0 unspecified atom stereocenters. The van der Waals surface area contributed by atoms with Crippen LogP contribution in [-0.4, -0.2) is 9.97 Å². The third kappa shape index (κ3) is 2.76. The fourth-order valence-electron chi connectivity index (χ4n) is 1.28. The highest BCUT2D eigenvalue weighted by atomic mass is 79.9. The molecule has 0 spiro atoms. The summed E-state index contributed by atoms with van der Waals surface area (Å²) in [6.45, 7) is 1.86. The molecule has 1 heterocycles. The van der Waals surface area contributed by atoms with Crippen LogP contribution in [0.1, 0.15) is 5.69 Å². The summed E-state index contributed by atoms with van der Waals surface area (Å²) in [7, 11) is 0. The molecule has 0 bridgehead atoms. The minimum absolute atomic E-state index is 0.295. The molecular weight excluding hydrogens is 273 g/mol. The summed E-state index contributed by atoms with van der Waals surface area (Å²) in [5, 5.41) is 2.93. The van der Waals surface area contributed by atoms with Crippen molar-refractivity contribution in [1.29, 1.82) is 0 Å². The molecule has 1 aromatic carbocycles. The first kappa shape index (κ1) is 11.0. The van der Waals surface area contributed by atoms with Gasteiger partial charge in [0.05, 0.1) is 0 Å². The summed E-state index contributed by atoms with van der Waals surface area (Å²) in [6.07, 6.45) is 0. The Labute approximate surface area is 101 Å². The maximum absolute atomic E-state index is 12.9. The Kier molecular flexibility index (Phi) is 3.14. The smallest absolute Gasteiger partial charge is 0.228 e. The molecule has 0 atom stereocenters. The van der Waals surface area contributed by atoms with E-state index in [0.29, 0.717) is 16.2 Å². The molecule has 16 heavy (non-hydrogen) atoms. The summed E-state index contributed by atoms with van der Waals surface area (Å²) in [6, 6.07) is 7.96. The number of rotatable bonds is 2. The molecule has 0 aliphatic carbocycles. The topological polar surface area (TPSA) is 37.8 Å². The summed E-state index contributed by atoms with van der Waals surface area (Å²) in [5.74, 6) is 0.147. The van der Waals surface area contributed by atoms with Gasteiger partial charge in [-0.1, -0.05) is 6.07 Å². The first-order valence-electron chi connectivity index (χ1n) is 4.67. The van der Waals surface area contributed by atoms with Crippen LogP contribution in [0.5, 0.6) is 0 Å². The minimum atomic E-state index is -0.295. The van der Waals surface area contributed by atoms with E-state index in [1.54, 1.807) is 18.2 Å². The fourth-order valence-corrected chi connectivity index (χ4v) is 1.78. The number of hydrogen-bond donors (Lipinski definition) is 1. The first-order chi connectivity index (χ1) is 7.63. The van der Waals surface area contributed by atoms with E-state index in [-0.39, 0.29) is 5.82 Å². The van der Waals surface area contributed by atoms with Gasteiger partial charge in [-0.3, -0.25) is 0 Å². The van der Waals surface area contributed by atoms with Gasteiger partial charge < -0.3 is 5.32 Å². The Morgan fingerprint density at radius 2 is 2.06 bits per heavy atom. The van der Waals surface area contributed by atoms with Gasteiger partial charge in [0, 0.05) is 11.4 Å². The second-order valence-corrected chi connectivity index (χ2v) is 4.10. The molecule has 3 nitrogen and oxygen atoms in total. The van der Waals surface area contributed by atoms with E-state index in [9.17, 15) is 4.39 Å². The molecule has 2 aromatic rings. The van der Waals surface area contributed by atoms with E-state index < -0.39 is 0 Å². The zero-order valence-electron chi connectivity index (χ0n) is 8.54. The van der Waals surface area contributed by atoms with Crippen molar-refractivity contribution in [3.8, 4) is 0 Å². The Balaban J connectivity index is 2.27. The normalized spacial score (nSPS) is 10.2. The maximum atomic E-state index is 12.9. The number of aromatic nitrogens is 2. The Hall–Kier alpha value is -1.49. The van der Waals surface area contributed by atoms with Gasteiger partial charge >= 0.3 is 0 Å². The Morgan fingerprint density at radius 3 is 2.75 bits per heavy atom. The van der Waals surface area contributed by atoms with Crippen molar-refractivity contribution < 1.29 is 4.39 Å². The van der Waals surface area contributed by atoms with Crippen molar-refractivity contribution in [2.45, 2.75) is 6.92 Å². The van der Waals surface area contributed by atoms with Gasteiger partial charge in [-0.05, 0) is 47.1 Å². The zero-order valence-corrected chi connectivity index (χ0v) is 10.1. The molecule has 1 N–H and O–H groups in total. The summed E-state index contributed by atoms with van der Waals surface area (Å²) in [5.41, 5.74) is 1.46. The molecular formula is C11H9BrFN3. The highest BCUT2D eigenvalue weighted by Crippen LogP contribution is 2.16. The molecule has 0 aliphatic heterocycles. The number of nitrogens with one attached hydrogen (secondary N) is 1. The van der Waals surface area contributed by atoms with E-state index in [2.05, 4.69) is 31.2 Å². The van der Waals surface area contributed by atoms with E-state index in [1.165, 1.54) is 12.1 Å². The van der Waals surface area contributed by atoms with Gasteiger partial charge in [-0.2, -0.15) is 0 Å². The molecule has 0 radical (unpaired) electrons. The highest BCUT2D eigenvalue weighted by molar-refractivity contribution is 9.10. The third-order valence-corrected chi connectivity index (χ3v) is 2.31. The van der Waals surface area contributed by atoms with E-state index in [4.69, 9.17) is 0 Å². The van der Waals surface area contributed by atoms with Gasteiger partial charge in [0.1, 0.15) is 10.4 Å². The molecule has 0 aliphatic rings. The second kappa shape index (κ2) is 4.57. The number of nitrogens with zero attached hydrogens (tertiary/aromatic N) is 2. The first-order valence-corrected chi connectivity index (χ1v) is 5.46. The lowest BCUT2D eigenvalue weighted by molar-refractivity contribution is 0.628. The van der Waals surface area contributed by atoms with Crippen LogP contribution < -0.4 is 5.32 Å². The van der Waals surface area contributed by atoms with E-state index in [0.717, 1.165) is 5.69 Å². The molecule has 2 rings (SSSR count). The predicted molar refractivity (Wildman–Crippen MR) is 64.2 cm³/mol. The van der Waals surface area contributed by atoms with Gasteiger partial charge in [0.25, 0.3) is 0 Å². The van der Waals surface area contributed by atoms with Crippen LogP contribution in [0.3, 0.4) is 0 Å². The van der Waals surface area contributed by atoms with Crippen molar-refractivity contribution >= 4 is 27.6 Å². The van der Waals surface area contributed by atoms with Crippen LogP contribution in [0, 0.1) is 12.7 Å². The monoisotopic (exact) mass is 281 g/mol. The van der Waals surface area contributed by atoms with E-state index >= 15 is 0 Å². The van der Waals surface area contributed by atoms with Crippen LogP contribution in [0.15, 0.2) is 34.9 Å². The van der Waals surface area contributed by atoms with Crippen LogP contribution in [0.2, 0.25) is 0 Å².